The van der Waals surface area contributed by atoms with Gasteiger partial charge in [0, 0.05) is 37.6 Å². The Morgan fingerprint density at radius 3 is 2.48 bits per heavy atom. The SMILES string of the molecule is CCNC(=NCCN(CC)c1ccccc1C)NC(C)CCS(C)(=O)=O.I. The fourth-order valence-electron chi connectivity index (χ4n) is 2.67. The maximum Gasteiger partial charge on any atom is 0.191 e. The van der Waals surface area contributed by atoms with Crippen LogP contribution in [0.25, 0.3) is 0 Å². The van der Waals surface area contributed by atoms with E-state index in [9.17, 15) is 8.42 Å². The Kier molecular flexibility index (Phi) is 12.7. The number of nitrogens with zero attached hydrogens (tertiary/aromatic N) is 2. The van der Waals surface area contributed by atoms with E-state index in [-0.39, 0.29) is 35.8 Å². The van der Waals surface area contributed by atoms with Gasteiger partial charge in [0.05, 0.1) is 12.3 Å². The van der Waals surface area contributed by atoms with Gasteiger partial charge in [-0.25, -0.2) is 8.42 Å². The Morgan fingerprint density at radius 2 is 1.93 bits per heavy atom. The summed E-state index contributed by atoms with van der Waals surface area (Å²) in [7, 11) is -2.94. The molecule has 0 aliphatic heterocycles. The average molecular weight is 510 g/mol. The summed E-state index contributed by atoms with van der Waals surface area (Å²) in [5, 5.41) is 6.51. The van der Waals surface area contributed by atoms with Crippen LogP contribution >= 0.6 is 24.0 Å². The molecule has 0 heterocycles. The molecule has 0 saturated heterocycles. The predicted molar refractivity (Wildman–Crippen MR) is 127 cm³/mol. The van der Waals surface area contributed by atoms with E-state index >= 15 is 0 Å². The molecule has 0 fully saturated rings. The van der Waals surface area contributed by atoms with Crippen molar-refractivity contribution in [1.29, 1.82) is 0 Å². The standard InChI is InChI=1S/C19H34N4O2S.HI/c1-6-20-19(22-17(4)12-15-26(5,24)25)21-13-14-23(7-2)18-11-9-8-10-16(18)3;/h8-11,17H,6-7,12-15H2,1-5H3,(H2,20,21,22);1H. The quantitative estimate of drug-likeness (QED) is 0.288. The summed E-state index contributed by atoms with van der Waals surface area (Å²) in [5.74, 6) is 0.909. The number of hydrogen-bond donors (Lipinski definition) is 2. The van der Waals surface area contributed by atoms with Gasteiger partial charge in [0.15, 0.2) is 5.96 Å². The first-order valence-corrected chi connectivity index (χ1v) is 11.4. The molecule has 0 radical (unpaired) electrons. The minimum Gasteiger partial charge on any atom is -0.370 e. The molecule has 0 spiro atoms. The van der Waals surface area contributed by atoms with Gasteiger partial charge in [-0.15, -0.1) is 24.0 Å². The number of benzene rings is 1. The van der Waals surface area contributed by atoms with Crippen molar-refractivity contribution in [2.45, 2.75) is 40.2 Å². The molecule has 1 aromatic rings. The van der Waals surface area contributed by atoms with Crippen LogP contribution in [0.1, 0.15) is 32.8 Å². The number of para-hydroxylation sites is 1. The summed E-state index contributed by atoms with van der Waals surface area (Å²) in [6.45, 7) is 11.4. The second kappa shape index (κ2) is 13.2. The van der Waals surface area contributed by atoms with Gasteiger partial charge in [0.1, 0.15) is 9.84 Å². The molecule has 0 aromatic heterocycles. The fraction of sp³-hybridized carbons (Fsp3) is 0.632. The molecular formula is C19H35IN4O2S. The number of rotatable bonds is 10. The van der Waals surface area contributed by atoms with Crippen molar-refractivity contribution in [2.75, 3.05) is 43.1 Å². The Morgan fingerprint density at radius 1 is 1.26 bits per heavy atom. The van der Waals surface area contributed by atoms with Crippen molar-refractivity contribution in [3.05, 3.63) is 29.8 Å². The Labute approximate surface area is 182 Å². The van der Waals surface area contributed by atoms with Crippen molar-refractivity contribution in [1.82, 2.24) is 10.6 Å². The number of sulfone groups is 1. The van der Waals surface area contributed by atoms with Crippen molar-refractivity contribution in [3.63, 3.8) is 0 Å². The van der Waals surface area contributed by atoms with Crippen molar-refractivity contribution in [2.24, 2.45) is 4.99 Å². The van der Waals surface area contributed by atoms with Crippen LogP contribution in [0.15, 0.2) is 29.3 Å². The Hall–Kier alpha value is -1.03. The highest BCUT2D eigenvalue weighted by molar-refractivity contribution is 14.0. The van der Waals surface area contributed by atoms with Gasteiger partial charge in [-0.05, 0) is 45.7 Å². The third-order valence-electron chi connectivity index (χ3n) is 4.13. The van der Waals surface area contributed by atoms with Crippen molar-refractivity contribution < 1.29 is 8.42 Å². The number of aryl methyl sites for hydroxylation is 1. The number of anilines is 1. The number of nitrogens with one attached hydrogen (secondary N) is 2. The first-order chi connectivity index (χ1) is 12.3. The second-order valence-corrected chi connectivity index (χ2v) is 8.85. The molecule has 1 rings (SSSR count). The molecule has 156 valence electrons. The highest BCUT2D eigenvalue weighted by atomic mass is 127. The van der Waals surface area contributed by atoms with E-state index in [4.69, 9.17) is 0 Å². The van der Waals surface area contributed by atoms with Gasteiger partial charge in [-0.3, -0.25) is 4.99 Å². The summed E-state index contributed by atoms with van der Waals surface area (Å²) in [6, 6.07) is 8.41. The minimum absolute atomic E-state index is 0. The first kappa shape index (κ1) is 26.0. The van der Waals surface area contributed by atoms with Crippen LogP contribution in [0.4, 0.5) is 5.69 Å². The molecule has 1 atom stereocenters. The Balaban J connectivity index is 0.00000676. The summed E-state index contributed by atoms with van der Waals surface area (Å²) in [5.41, 5.74) is 2.50. The van der Waals surface area contributed by atoms with E-state index in [1.807, 2.05) is 13.8 Å². The molecule has 0 aliphatic carbocycles. The highest BCUT2D eigenvalue weighted by Gasteiger charge is 2.10. The number of hydrogen-bond acceptors (Lipinski definition) is 4. The van der Waals surface area contributed by atoms with E-state index in [2.05, 4.69) is 58.6 Å². The van der Waals surface area contributed by atoms with Crippen LogP contribution in [-0.2, 0) is 9.84 Å². The number of aliphatic imine (C=N–C) groups is 1. The van der Waals surface area contributed by atoms with E-state index in [0.717, 1.165) is 25.6 Å². The Bertz CT molecular complexity index is 680. The van der Waals surface area contributed by atoms with Crippen LogP contribution in [0.5, 0.6) is 0 Å². The molecule has 8 heteroatoms. The highest BCUT2D eigenvalue weighted by Crippen LogP contribution is 2.18. The molecule has 27 heavy (non-hydrogen) atoms. The van der Waals surface area contributed by atoms with Gasteiger partial charge in [-0.1, -0.05) is 18.2 Å². The normalized spacial score (nSPS) is 12.9. The van der Waals surface area contributed by atoms with Gasteiger partial charge in [0.2, 0.25) is 0 Å². The number of likely N-dealkylation sites (N-methyl/N-ethyl adjacent to an activating group) is 1. The third kappa shape index (κ3) is 10.8. The van der Waals surface area contributed by atoms with Crippen LogP contribution in [-0.4, -0.2) is 58.6 Å². The zero-order valence-corrected chi connectivity index (χ0v) is 20.3. The van der Waals surface area contributed by atoms with Crippen LogP contribution in [0.3, 0.4) is 0 Å². The molecule has 0 amide bonds. The van der Waals surface area contributed by atoms with Crippen molar-refractivity contribution in [3.8, 4) is 0 Å². The minimum atomic E-state index is -2.94. The van der Waals surface area contributed by atoms with Crippen LogP contribution in [0.2, 0.25) is 0 Å². The summed E-state index contributed by atoms with van der Waals surface area (Å²) in [6.07, 6.45) is 1.83. The lowest BCUT2D eigenvalue weighted by Crippen LogP contribution is -2.43. The van der Waals surface area contributed by atoms with Crippen molar-refractivity contribution >= 4 is 45.5 Å². The molecule has 0 aliphatic rings. The number of halogens is 1. The van der Waals surface area contributed by atoms with Gasteiger partial charge in [-0.2, -0.15) is 0 Å². The van der Waals surface area contributed by atoms with Gasteiger partial charge >= 0.3 is 0 Å². The zero-order valence-electron chi connectivity index (χ0n) is 17.2. The molecule has 0 bridgehead atoms. The van der Waals surface area contributed by atoms with E-state index in [1.54, 1.807) is 0 Å². The molecule has 1 aromatic carbocycles. The lowest BCUT2D eigenvalue weighted by atomic mass is 10.2. The lowest BCUT2D eigenvalue weighted by Gasteiger charge is -2.24. The van der Waals surface area contributed by atoms with E-state index in [1.165, 1.54) is 17.5 Å². The molecule has 2 N–H and O–H groups in total. The molecular weight excluding hydrogens is 475 g/mol. The van der Waals surface area contributed by atoms with E-state index < -0.39 is 9.84 Å². The maximum absolute atomic E-state index is 11.3. The smallest absolute Gasteiger partial charge is 0.191 e. The lowest BCUT2D eigenvalue weighted by molar-refractivity contribution is 0.581. The summed E-state index contributed by atoms with van der Waals surface area (Å²) >= 11 is 0. The fourth-order valence-corrected chi connectivity index (χ4v) is 3.45. The zero-order chi connectivity index (χ0) is 19.6. The molecule has 1 unspecified atom stereocenters. The average Bonchev–Trinajstić information content (AvgIpc) is 2.57. The maximum atomic E-state index is 11.3. The monoisotopic (exact) mass is 510 g/mol. The largest absolute Gasteiger partial charge is 0.370 e. The van der Waals surface area contributed by atoms with E-state index in [0.29, 0.717) is 13.0 Å². The van der Waals surface area contributed by atoms with Gasteiger partial charge in [0.25, 0.3) is 0 Å². The predicted octanol–water partition coefficient (Wildman–Crippen LogP) is 2.82. The molecule has 0 saturated carbocycles. The van der Waals surface area contributed by atoms with Crippen LogP contribution < -0.4 is 15.5 Å². The second-order valence-electron chi connectivity index (χ2n) is 6.59. The third-order valence-corrected chi connectivity index (χ3v) is 5.10. The van der Waals surface area contributed by atoms with Crippen LogP contribution in [0, 0.1) is 6.92 Å². The summed E-state index contributed by atoms with van der Waals surface area (Å²) in [4.78, 5) is 6.96. The molecule has 6 nitrogen and oxygen atoms in total. The summed E-state index contributed by atoms with van der Waals surface area (Å²) < 4.78 is 22.6. The van der Waals surface area contributed by atoms with Gasteiger partial charge < -0.3 is 15.5 Å². The first-order valence-electron chi connectivity index (χ1n) is 9.30. The number of guanidine groups is 1. The topological polar surface area (TPSA) is 73.8 Å².